The summed E-state index contributed by atoms with van der Waals surface area (Å²) in [6, 6.07) is 11.6. The van der Waals surface area contributed by atoms with Crippen LogP contribution >= 0.6 is 0 Å². The summed E-state index contributed by atoms with van der Waals surface area (Å²) in [6.45, 7) is 6.19. The number of morpholine rings is 1. The van der Waals surface area contributed by atoms with E-state index in [1.54, 1.807) is 4.57 Å². The van der Waals surface area contributed by atoms with Crippen molar-refractivity contribution in [3.05, 3.63) is 52.3 Å². The van der Waals surface area contributed by atoms with Gasteiger partial charge in [-0.1, -0.05) is 12.1 Å². The van der Waals surface area contributed by atoms with E-state index < -0.39 is 0 Å². The van der Waals surface area contributed by atoms with Gasteiger partial charge in [-0.25, -0.2) is 4.98 Å². The second kappa shape index (κ2) is 8.47. The molecule has 0 amide bonds. The van der Waals surface area contributed by atoms with Gasteiger partial charge in [-0.3, -0.25) is 4.79 Å². The first-order valence-electron chi connectivity index (χ1n) is 10.6. The van der Waals surface area contributed by atoms with Gasteiger partial charge in [0, 0.05) is 25.2 Å². The molecule has 1 aromatic heterocycles. The van der Waals surface area contributed by atoms with Crippen molar-refractivity contribution in [1.29, 1.82) is 0 Å². The van der Waals surface area contributed by atoms with Crippen LogP contribution in [0.25, 0.3) is 11.0 Å². The van der Waals surface area contributed by atoms with Crippen molar-refractivity contribution in [2.75, 3.05) is 51.0 Å². The van der Waals surface area contributed by atoms with Gasteiger partial charge in [0.2, 0.25) is 0 Å². The van der Waals surface area contributed by atoms with Crippen LogP contribution in [0.15, 0.2) is 41.2 Å². The summed E-state index contributed by atoms with van der Waals surface area (Å²) in [5, 5.41) is 0. The Kier molecular flexibility index (Phi) is 5.38. The molecular formula is C23H25N3O5. The summed E-state index contributed by atoms with van der Waals surface area (Å²) in [4.78, 5) is 20.1. The van der Waals surface area contributed by atoms with Crippen molar-refractivity contribution >= 4 is 16.9 Å². The Morgan fingerprint density at radius 1 is 1.03 bits per heavy atom. The summed E-state index contributed by atoms with van der Waals surface area (Å²) >= 11 is 0. The Morgan fingerprint density at radius 2 is 1.81 bits per heavy atom. The minimum absolute atomic E-state index is 0.140. The highest BCUT2D eigenvalue weighted by Gasteiger charge is 2.22. The topological polar surface area (TPSA) is 75.1 Å². The maximum Gasteiger partial charge on any atom is 0.294 e. The first kappa shape index (κ1) is 19.7. The second-order valence-electron chi connectivity index (χ2n) is 7.64. The maximum absolute atomic E-state index is 13.4. The monoisotopic (exact) mass is 423 g/mol. The molecule has 0 unspecified atom stereocenters. The number of aryl methyl sites for hydroxylation is 1. The van der Waals surface area contributed by atoms with Gasteiger partial charge in [-0.2, -0.15) is 0 Å². The molecule has 0 spiro atoms. The molecule has 0 saturated carbocycles. The Hall–Kier alpha value is -3.26. The van der Waals surface area contributed by atoms with Crippen molar-refractivity contribution in [2.24, 2.45) is 0 Å². The van der Waals surface area contributed by atoms with E-state index in [0.29, 0.717) is 81.0 Å². The van der Waals surface area contributed by atoms with Gasteiger partial charge in [0.05, 0.1) is 30.8 Å². The second-order valence-corrected chi connectivity index (χ2v) is 7.64. The first-order valence-corrected chi connectivity index (χ1v) is 10.6. The van der Waals surface area contributed by atoms with Gasteiger partial charge < -0.3 is 28.4 Å². The third-order valence-electron chi connectivity index (χ3n) is 5.48. The highest BCUT2D eigenvalue weighted by Crippen LogP contribution is 2.34. The molecule has 1 fully saturated rings. The largest absolute Gasteiger partial charge is 0.492 e. The van der Waals surface area contributed by atoms with Crippen molar-refractivity contribution in [3.63, 3.8) is 0 Å². The van der Waals surface area contributed by atoms with Crippen LogP contribution in [0.3, 0.4) is 0 Å². The molecule has 162 valence electrons. The van der Waals surface area contributed by atoms with Crippen LogP contribution in [0, 0.1) is 6.92 Å². The predicted molar refractivity (Wildman–Crippen MR) is 117 cm³/mol. The van der Waals surface area contributed by atoms with Crippen LogP contribution in [-0.2, 0) is 11.3 Å². The quantitative estimate of drug-likeness (QED) is 0.624. The predicted octanol–water partition coefficient (Wildman–Crippen LogP) is 2.39. The third-order valence-corrected chi connectivity index (χ3v) is 5.48. The Bertz CT molecular complexity index is 1150. The number of rotatable bonds is 5. The number of aromatic nitrogens is 2. The number of benzene rings is 2. The molecule has 8 nitrogen and oxygen atoms in total. The smallest absolute Gasteiger partial charge is 0.294 e. The van der Waals surface area contributed by atoms with Crippen LogP contribution in [0.1, 0.15) is 5.56 Å². The lowest BCUT2D eigenvalue weighted by atomic mass is 10.2. The highest BCUT2D eigenvalue weighted by molar-refractivity contribution is 5.81. The fourth-order valence-corrected chi connectivity index (χ4v) is 3.93. The molecule has 0 radical (unpaired) electrons. The Morgan fingerprint density at radius 3 is 2.58 bits per heavy atom. The molecule has 3 aromatic rings. The Balaban J connectivity index is 1.52. The summed E-state index contributed by atoms with van der Waals surface area (Å²) in [5.74, 6) is 2.50. The summed E-state index contributed by atoms with van der Waals surface area (Å²) in [5.41, 5.74) is 2.39. The molecule has 5 rings (SSSR count). The molecule has 3 heterocycles. The summed E-state index contributed by atoms with van der Waals surface area (Å²) in [6.07, 6.45) is 0. The number of anilines is 1. The Labute approximate surface area is 179 Å². The van der Waals surface area contributed by atoms with E-state index in [0.717, 1.165) is 11.3 Å². The fourth-order valence-electron chi connectivity index (χ4n) is 3.93. The van der Waals surface area contributed by atoms with Gasteiger partial charge in [-0.15, -0.1) is 0 Å². The van der Waals surface area contributed by atoms with E-state index >= 15 is 0 Å². The van der Waals surface area contributed by atoms with E-state index in [-0.39, 0.29) is 5.56 Å². The van der Waals surface area contributed by atoms with Crippen molar-refractivity contribution < 1.29 is 18.9 Å². The zero-order valence-corrected chi connectivity index (χ0v) is 17.5. The van der Waals surface area contributed by atoms with Gasteiger partial charge >= 0.3 is 0 Å². The summed E-state index contributed by atoms with van der Waals surface area (Å²) in [7, 11) is 0. The fraction of sp³-hybridized carbons (Fsp3) is 0.391. The van der Waals surface area contributed by atoms with Gasteiger partial charge in [0.15, 0.2) is 17.3 Å². The number of nitrogens with zero attached hydrogens (tertiary/aromatic N) is 3. The van der Waals surface area contributed by atoms with E-state index in [9.17, 15) is 4.79 Å². The van der Waals surface area contributed by atoms with Gasteiger partial charge in [-0.05, 0) is 24.6 Å². The van der Waals surface area contributed by atoms with Crippen LogP contribution in [-0.4, -0.2) is 55.7 Å². The molecule has 0 atom stereocenters. The highest BCUT2D eigenvalue weighted by atomic mass is 16.6. The first-order chi connectivity index (χ1) is 15.2. The van der Waals surface area contributed by atoms with Crippen LogP contribution in [0.2, 0.25) is 0 Å². The lowest BCUT2D eigenvalue weighted by molar-refractivity contribution is 0.122. The van der Waals surface area contributed by atoms with Gasteiger partial charge in [0.1, 0.15) is 25.6 Å². The molecule has 0 bridgehead atoms. The number of hydrogen-bond acceptors (Lipinski definition) is 7. The molecule has 8 heteroatoms. The average molecular weight is 423 g/mol. The zero-order valence-electron chi connectivity index (χ0n) is 17.5. The zero-order chi connectivity index (χ0) is 21.2. The van der Waals surface area contributed by atoms with Crippen LogP contribution in [0.5, 0.6) is 17.2 Å². The molecule has 2 aliphatic rings. The number of hydrogen-bond donors (Lipinski definition) is 0. The van der Waals surface area contributed by atoms with Gasteiger partial charge in [0.25, 0.3) is 5.56 Å². The average Bonchev–Trinajstić information content (AvgIpc) is 2.80. The van der Waals surface area contributed by atoms with E-state index in [1.807, 2.05) is 48.2 Å². The molecule has 31 heavy (non-hydrogen) atoms. The van der Waals surface area contributed by atoms with Crippen LogP contribution < -0.4 is 24.7 Å². The lowest BCUT2D eigenvalue weighted by Crippen LogP contribution is -2.41. The molecule has 2 aromatic carbocycles. The number of ether oxygens (including phenoxy) is 4. The molecule has 0 N–H and O–H groups in total. The molecule has 0 aliphatic carbocycles. The lowest BCUT2D eigenvalue weighted by Gasteiger charge is -2.28. The van der Waals surface area contributed by atoms with E-state index in [2.05, 4.69) is 0 Å². The van der Waals surface area contributed by atoms with Crippen LogP contribution in [0.4, 0.5) is 5.82 Å². The summed E-state index contributed by atoms with van der Waals surface area (Å²) < 4.78 is 24.5. The normalized spacial score (nSPS) is 15.8. The minimum Gasteiger partial charge on any atom is -0.492 e. The minimum atomic E-state index is -0.140. The van der Waals surface area contributed by atoms with Crippen molar-refractivity contribution in [1.82, 2.24) is 9.55 Å². The standard InChI is InChI=1S/C23H25N3O5/c1-16-3-2-4-17(13-16)29-10-7-26-19-15-21-20(30-11-12-31-21)14-18(19)24-22(23(26)27)25-5-8-28-9-6-25/h2-4,13-15H,5-12H2,1H3. The SMILES string of the molecule is Cc1cccc(OCCn2c(=O)c(N3CCOCC3)nc3cc4c(cc32)OCCO4)c1. The number of fused-ring (bicyclic) bond motifs is 2. The molecule has 2 aliphatic heterocycles. The van der Waals surface area contributed by atoms with Crippen molar-refractivity contribution in [2.45, 2.75) is 13.5 Å². The van der Waals surface area contributed by atoms with E-state index in [4.69, 9.17) is 23.9 Å². The van der Waals surface area contributed by atoms with Crippen molar-refractivity contribution in [3.8, 4) is 17.2 Å². The molecule has 1 saturated heterocycles. The third kappa shape index (κ3) is 4.03. The maximum atomic E-state index is 13.4. The van der Waals surface area contributed by atoms with E-state index in [1.165, 1.54) is 0 Å². The molecular weight excluding hydrogens is 398 g/mol.